The highest BCUT2D eigenvalue weighted by molar-refractivity contribution is 6.17. The van der Waals surface area contributed by atoms with Gasteiger partial charge in [-0.25, -0.2) is 4.79 Å². The maximum Gasteiger partial charge on any atom is 0.336 e. The van der Waals surface area contributed by atoms with Crippen molar-refractivity contribution in [2.75, 3.05) is 0 Å². The molecule has 3 heteroatoms. The van der Waals surface area contributed by atoms with E-state index in [1.165, 1.54) is 0 Å². The lowest BCUT2D eigenvalue weighted by molar-refractivity contribution is 0.0696. The number of alkyl halides is 1. The van der Waals surface area contributed by atoms with E-state index in [0.717, 1.165) is 0 Å². The summed E-state index contributed by atoms with van der Waals surface area (Å²) in [6.07, 6.45) is 0. The quantitative estimate of drug-likeness (QED) is 0.586. The molecule has 0 amide bonds. The summed E-state index contributed by atoms with van der Waals surface area (Å²) in [5.74, 6) is -0.691. The van der Waals surface area contributed by atoms with Gasteiger partial charge in [-0.15, -0.1) is 24.8 Å². The van der Waals surface area contributed by atoms with E-state index < -0.39 is 5.97 Å². The largest absolute Gasteiger partial charge is 0.478 e. The molecule has 0 spiro atoms. The molecule has 0 saturated heterocycles. The van der Waals surface area contributed by atoms with Crippen molar-refractivity contribution in [2.45, 2.75) is 5.88 Å². The molecule has 0 aliphatic carbocycles. The standard InChI is InChI=1S/C8H7ClO2.C2H4/c9-5-6-3-1-2-4-7(6)8(10)11;1-2/h1-4H,5H2,(H,10,11);1-2H2. The van der Waals surface area contributed by atoms with Crippen molar-refractivity contribution < 1.29 is 9.90 Å². The van der Waals surface area contributed by atoms with E-state index in [1.807, 2.05) is 0 Å². The third-order valence-electron chi connectivity index (χ3n) is 1.39. The maximum atomic E-state index is 10.5. The van der Waals surface area contributed by atoms with Gasteiger partial charge in [0.2, 0.25) is 0 Å². The topological polar surface area (TPSA) is 37.3 Å². The Kier molecular flexibility index (Phi) is 5.64. The number of hydrogen-bond donors (Lipinski definition) is 1. The lowest BCUT2D eigenvalue weighted by Crippen LogP contribution is -1.99. The first-order valence-electron chi connectivity index (χ1n) is 3.63. The van der Waals surface area contributed by atoms with Gasteiger partial charge in [0.1, 0.15) is 0 Å². The van der Waals surface area contributed by atoms with Crippen LogP contribution in [0.4, 0.5) is 0 Å². The third-order valence-corrected chi connectivity index (χ3v) is 1.68. The van der Waals surface area contributed by atoms with E-state index in [-0.39, 0.29) is 11.4 Å². The van der Waals surface area contributed by atoms with E-state index in [0.29, 0.717) is 5.56 Å². The molecule has 0 atom stereocenters. The van der Waals surface area contributed by atoms with Gasteiger partial charge in [0.05, 0.1) is 5.56 Å². The second-order valence-electron chi connectivity index (χ2n) is 2.10. The molecule has 1 N–H and O–H groups in total. The number of aromatic carboxylic acids is 1. The molecule has 70 valence electrons. The Bertz CT molecular complexity index is 284. The van der Waals surface area contributed by atoms with E-state index in [9.17, 15) is 4.79 Å². The lowest BCUT2D eigenvalue weighted by atomic mass is 10.1. The predicted octanol–water partition coefficient (Wildman–Crippen LogP) is 2.93. The molecule has 2 nitrogen and oxygen atoms in total. The van der Waals surface area contributed by atoms with E-state index in [2.05, 4.69) is 13.2 Å². The monoisotopic (exact) mass is 198 g/mol. The molecule has 0 aromatic heterocycles. The van der Waals surface area contributed by atoms with Gasteiger partial charge in [0.25, 0.3) is 0 Å². The molecule has 0 unspecified atom stereocenters. The average Bonchev–Trinajstić information content (AvgIpc) is 2.20. The van der Waals surface area contributed by atoms with Crippen LogP contribution in [-0.4, -0.2) is 11.1 Å². The fourth-order valence-corrected chi connectivity index (χ4v) is 1.08. The normalized spacial score (nSPS) is 8.38. The van der Waals surface area contributed by atoms with Crippen molar-refractivity contribution >= 4 is 17.6 Å². The van der Waals surface area contributed by atoms with Gasteiger partial charge in [-0.3, -0.25) is 0 Å². The Morgan fingerprint density at radius 1 is 1.38 bits per heavy atom. The van der Waals surface area contributed by atoms with Gasteiger partial charge in [-0.1, -0.05) is 18.2 Å². The van der Waals surface area contributed by atoms with Gasteiger partial charge < -0.3 is 5.11 Å². The van der Waals surface area contributed by atoms with Crippen LogP contribution < -0.4 is 0 Å². The Labute approximate surface area is 82.5 Å². The molecule has 1 rings (SSSR count). The number of carboxylic acid groups (broad SMARTS) is 1. The van der Waals surface area contributed by atoms with Crippen LogP contribution in [0.5, 0.6) is 0 Å². The first-order chi connectivity index (χ1) is 6.25. The number of carbonyl (C=O) groups is 1. The number of halogens is 1. The van der Waals surface area contributed by atoms with Gasteiger partial charge >= 0.3 is 5.97 Å². The Morgan fingerprint density at radius 3 is 2.31 bits per heavy atom. The van der Waals surface area contributed by atoms with Crippen LogP contribution >= 0.6 is 11.6 Å². The fourth-order valence-electron chi connectivity index (χ4n) is 0.845. The molecular weight excluding hydrogens is 188 g/mol. The third kappa shape index (κ3) is 3.30. The number of rotatable bonds is 2. The molecule has 0 radical (unpaired) electrons. The summed E-state index contributed by atoms with van der Waals surface area (Å²) in [6, 6.07) is 6.69. The van der Waals surface area contributed by atoms with Crippen LogP contribution in [0.25, 0.3) is 0 Å². The van der Waals surface area contributed by atoms with Crippen molar-refractivity contribution in [3.8, 4) is 0 Å². The first kappa shape index (κ1) is 11.7. The highest BCUT2D eigenvalue weighted by Gasteiger charge is 2.06. The van der Waals surface area contributed by atoms with Crippen molar-refractivity contribution in [1.82, 2.24) is 0 Å². The second kappa shape index (κ2) is 6.26. The maximum absolute atomic E-state index is 10.5. The van der Waals surface area contributed by atoms with Crippen LogP contribution in [0.15, 0.2) is 37.4 Å². The lowest BCUT2D eigenvalue weighted by Gasteiger charge is -1.99. The molecular formula is C10H11ClO2. The predicted molar refractivity (Wildman–Crippen MR) is 54.2 cm³/mol. The van der Waals surface area contributed by atoms with Crippen LogP contribution in [0.1, 0.15) is 15.9 Å². The summed E-state index contributed by atoms with van der Waals surface area (Å²) in [4.78, 5) is 10.5. The number of benzene rings is 1. The van der Waals surface area contributed by atoms with E-state index >= 15 is 0 Å². The SMILES string of the molecule is C=C.O=C(O)c1ccccc1CCl. The van der Waals surface area contributed by atoms with Crippen LogP contribution in [0.2, 0.25) is 0 Å². The minimum absolute atomic E-state index is 0.239. The zero-order chi connectivity index (χ0) is 10.3. The van der Waals surface area contributed by atoms with Crippen molar-refractivity contribution in [3.63, 3.8) is 0 Å². The summed E-state index contributed by atoms with van der Waals surface area (Å²) >= 11 is 5.51. The smallest absolute Gasteiger partial charge is 0.336 e. The van der Waals surface area contributed by atoms with Crippen molar-refractivity contribution in [2.24, 2.45) is 0 Å². The highest BCUT2D eigenvalue weighted by atomic mass is 35.5. The van der Waals surface area contributed by atoms with Crippen molar-refractivity contribution in [1.29, 1.82) is 0 Å². The zero-order valence-electron chi connectivity index (χ0n) is 7.16. The minimum atomic E-state index is -0.929. The Hall–Kier alpha value is -1.28. The summed E-state index contributed by atoms with van der Waals surface area (Å²) < 4.78 is 0. The summed E-state index contributed by atoms with van der Waals surface area (Å²) in [5.41, 5.74) is 0.934. The summed E-state index contributed by atoms with van der Waals surface area (Å²) in [7, 11) is 0. The molecule has 0 bridgehead atoms. The molecule has 0 fully saturated rings. The second-order valence-corrected chi connectivity index (χ2v) is 2.36. The number of carboxylic acids is 1. The van der Waals surface area contributed by atoms with Crippen LogP contribution in [-0.2, 0) is 5.88 Å². The zero-order valence-corrected chi connectivity index (χ0v) is 7.92. The molecule has 1 aromatic carbocycles. The molecule has 0 saturated carbocycles. The van der Waals surface area contributed by atoms with E-state index in [4.69, 9.17) is 16.7 Å². The molecule has 0 aliphatic rings. The average molecular weight is 199 g/mol. The van der Waals surface area contributed by atoms with Gasteiger partial charge in [0.15, 0.2) is 0 Å². The molecule has 13 heavy (non-hydrogen) atoms. The van der Waals surface area contributed by atoms with Gasteiger partial charge in [0, 0.05) is 5.88 Å². The Balaban J connectivity index is 0.000000671. The number of hydrogen-bond acceptors (Lipinski definition) is 1. The van der Waals surface area contributed by atoms with Crippen LogP contribution in [0, 0.1) is 0 Å². The molecule has 0 aliphatic heterocycles. The van der Waals surface area contributed by atoms with Gasteiger partial charge in [-0.2, -0.15) is 0 Å². The first-order valence-corrected chi connectivity index (χ1v) is 4.16. The molecule has 0 heterocycles. The summed E-state index contributed by atoms with van der Waals surface area (Å²) in [5, 5.41) is 8.64. The van der Waals surface area contributed by atoms with E-state index in [1.54, 1.807) is 24.3 Å². The highest BCUT2D eigenvalue weighted by Crippen LogP contribution is 2.10. The minimum Gasteiger partial charge on any atom is -0.478 e. The molecule has 1 aromatic rings. The van der Waals surface area contributed by atoms with Crippen molar-refractivity contribution in [3.05, 3.63) is 48.6 Å². The fraction of sp³-hybridized carbons (Fsp3) is 0.100. The summed E-state index contributed by atoms with van der Waals surface area (Å²) in [6.45, 7) is 6.00. The van der Waals surface area contributed by atoms with Crippen LogP contribution in [0.3, 0.4) is 0 Å². The van der Waals surface area contributed by atoms with Gasteiger partial charge in [-0.05, 0) is 11.6 Å². The Morgan fingerprint density at radius 2 is 1.92 bits per heavy atom.